The molecule has 0 spiro atoms. The van der Waals surface area contributed by atoms with Crippen molar-refractivity contribution in [3.63, 3.8) is 0 Å². The maximum atomic E-state index is 13.8. The molecule has 1 aromatic carbocycles. The lowest BCUT2D eigenvalue weighted by Crippen LogP contribution is -2.43. The van der Waals surface area contributed by atoms with Gasteiger partial charge in [0.2, 0.25) is 5.91 Å². The van der Waals surface area contributed by atoms with Crippen LogP contribution in [-0.2, 0) is 4.79 Å². The van der Waals surface area contributed by atoms with Gasteiger partial charge in [0.1, 0.15) is 12.1 Å². The van der Waals surface area contributed by atoms with Gasteiger partial charge < -0.3 is 14.2 Å². The highest BCUT2D eigenvalue weighted by molar-refractivity contribution is 5.96. The quantitative estimate of drug-likeness (QED) is 0.869. The van der Waals surface area contributed by atoms with E-state index in [9.17, 15) is 14.0 Å². The maximum Gasteiger partial charge on any atom is 0.257 e. The van der Waals surface area contributed by atoms with Crippen LogP contribution in [0.1, 0.15) is 23.2 Å². The molecular formula is C18H19FN2O3. The Labute approximate surface area is 139 Å². The molecule has 0 bridgehead atoms. The van der Waals surface area contributed by atoms with Gasteiger partial charge in [0.15, 0.2) is 0 Å². The third-order valence-corrected chi connectivity index (χ3v) is 4.44. The van der Waals surface area contributed by atoms with E-state index in [1.54, 1.807) is 36.2 Å². The first kappa shape index (κ1) is 16.2. The van der Waals surface area contributed by atoms with Gasteiger partial charge in [-0.25, -0.2) is 4.39 Å². The molecule has 1 fully saturated rings. The fourth-order valence-corrected chi connectivity index (χ4v) is 3.01. The molecule has 3 rings (SSSR count). The predicted molar refractivity (Wildman–Crippen MR) is 87.1 cm³/mol. The van der Waals surface area contributed by atoms with Crippen LogP contribution < -0.4 is 4.90 Å². The fraction of sp³-hybridized carbons (Fsp3) is 0.333. The smallest absolute Gasteiger partial charge is 0.257 e. The zero-order valence-corrected chi connectivity index (χ0v) is 13.4. The van der Waals surface area contributed by atoms with Crippen LogP contribution in [0.2, 0.25) is 0 Å². The summed E-state index contributed by atoms with van der Waals surface area (Å²) >= 11 is 0. The first-order valence-corrected chi connectivity index (χ1v) is 7.91. The van der Waals surface area contributed by atoms with Crippen LogP contribution in [-0.4, -0.2) is 36.9 Å². The molecule has 1 saturated heterocycles. The van der Waals surface area contributed by atoms with Crippen LogP contribution in [0.25, 0.3) is 0 Å². The molecule has 2 heterocycles. The van der Waals surface area contributed by atoms with Gasteiger partial charge in [0, 0.05) is 26.1 Å². The van der Waals surface area contributed by atoms with Crippen molar-refractivity contribution in [2.45, 2.75) is 12.8 Å². The van der Waals surface area contributed by atoms with E-state index < -0.39 is 5.82 Å². The Morgan fingerprint density at radius 3 is 2.54 bits per heavy atom. The second kappa shape index (κ2) is 6.86. The van der Waals surface area contributed by atoms with Crippen molar-refractivity contribution in [2.75, 3.05) is 25.0 Å². The first-order valence-electron chi connectivity index (χ1n) is 7.91. The third-order valence-electron chi connectivity index (χ3n) is 4.44. The number of hydrogen-bond donors (Lipinski definition) is 0. The molecule has 1 aliphatic heterocycles. The summed E-state index contributed by atoms with van der Waals surface area (Å²) in [6.07, 6.45) is 4.03. The largest absolute Gasteiger partial charge is 0.472 e. The number of benzene rings is 1. The number of para-hydroxylation sites is 1. The van der Waals surface area contributed by atoms with Crippen molar-refractivity contribution in [1.82, 2.24) is 4.90 Å². The second-order valence-electron chi connectivity index (χ2n) is 5.93. The lowest BCUT2D eigenvalue weighted by Gasteiger charge is -2.33. The van der Waals surface area contributed by atoms with Gasteiger partial charge in [0.05, 0.1) is 17.5 Å². The van der Waals surface area contributed by atoms with Crippen LogP contribution in [0.3, 0.4) is 0 Å². The lowest BCUT2D eigenvalue weighted by molar-refractivity contribution is -0.123. The highest BCUT2D eigenvalue weighted by Gasteiger charge is 2.30. The molecule has 2 amide bonds. The van der Waals surface area contributed by atoms with E-state index in [0.717, 1.165) is 0 Å². The van der Waals surface area contributed by atoms with Gasteiger partial charge in [0.25, 0.3) is 5.91 Å². The van der Waals surface area contributed by atoms with Gasteiger partial charge in [-0.1, -0.05) is 12.1 Å². The van der Waals surface area contributed by atoms with Crippen molar-refractivity contribution in [3.05, 3.63) is 54.2 Å². The number of amides is 2. The van der Waals surface area contributed by atoms with Crippen LogP contribution in [0, 0.1) is 11.7 Å². The Hall–Kier alpha value is -2.63. The minimum absolute atomic E-state index is 0.0860. The normalized spacial score (nSPS) is 15.3. The average molecular weight is 330 g/mol. The average Bonchev–Trinajstić information content (AvgIpc) is 3.15. The number of carbonyl (C=O) groups is 2. The summed E-state index contributed by atoms with van der Waals surface area (Å²) in [5.41, 5.74) is 0.794. The van der Waals surface area contributed by atoms with E-state index in [2.05, 4.69) is 0 Å². The van der Waals surface area contributed by atoms with E-state index >= 15 is 0 Å². The molecular weight excluding hydrogens is 311 g/mol. The molecule has 1 aromatic heterocycles. The summed E-state index contributed by atoms with van der Waals surface area (Å²) < 4.78 is 18.8. The predicted octanol–water partition coefficient (Wildman–Crippen LogP) is 2.93. The van der Waals surface area contributed by atoms with E-state index in [0.29, 0.717) is 31.5 Å². The number of anilines is 1. The topological polar surface area (TPSA) is 53.8 Å². The maximum absolute atomic E-state index is 13.8. The van der Waals surface area contributed by atoms with Crippen molar-refractivity contribution >= 4 is 17.5 Å². The molecule has 0 saturated carbocycles. The van der Waals surface area contributed by atoms with E-state index in [1.807, 2.05) is 0 Å². The monoisotopic (exact) mass is 330 g/mol. The van der Waals surface area contributed by atoms with Gasteiger partial charge >= 0.3 is 0 Å². The molecule has 126 valence electrons. The number of likely N-dealkylation sites (tertiary alicyclic amines) is 1. The van der Waals surface area contributed by atoms with E-state index in [-0.39, 0.29) is 23.4 Å². The zero-order valence-electron chi connectivity index (χ0n) is 13.4. The van der Waals surface area contributed by atoms with Crippen LogP contribution in [0.4, 0.5) is 10.1 Å². The summed E-state index contributed by atoms with van der Waals surface area (Å²) in [5.74, 6) is -0.823. The first-order chi connectivity index (χ1) is 11.6. The minimum Gasteiger partial charge on any atom is -0.472 e. The lowest BCUT2D eigenvalue weighted by atomic mass is 9.95. The highest BCUT2D eigenvalue weighted by atomic mass is 19.1. The van der Waals surface area contributed by atoms with Crippen molar-refractivity contribution in [2.24, 2.45) is 5.92 Å². The molecule has 0 atom stereocenters. The number of carbonyl (C=O) groups excluding carboxylic acids is 2. The highest BCUT2D eigenvalue weighted by Crippen LogP contribution is 2.25. The van der Waals surface area contributed by atoms with Gasteiger partial charge in [-0.2, -0.15) is 0 Å². The second-order valence-corrected chi connectivity index (χ2v) is 5.93. The van der Waals surface area contributed by atoms with Crippen LogP contribution in [0.5, 0.6) is 0 Å². The number of rotatable bonds is 3. The van der Waals surface area contributed by atoms with Crippen molar-refractivity contribution in [1.29, 1.82) is 0 Å². The molecule has 1 aliphatic rings. The fourth-order valence-electron chi connectivity index (χ4n) is 3.01. The van der Waals surface area contributed by atoms with Gasteiger partial charge in [-0.3, -0.25) is 9.59 Å². The Morgan fingerprint density at radius 2 is 1.92 bits per heavy atom. The van der Waals surface area contributed by atoms with Gasteiger partial charge in [-0.05, 0) is 31.0 Å². The van der Waals surface area contributed by atoms with Gasteiger partial charge in [-0.15, -0.1) is 0 Å². The molecule has 0 N–H and O–H groups in total. The number of halogens is 1. The zero-order chi connectivity index (χ0) is 17.1. The number of furan rings is 1. The SMILES string of the molecule is CN(C(=O)C1CCN(C(=O)c2ccoc2)CC1)c1ccccc1F. The summed E-state index contributed by atoms with van der Waals surface area (Å²) in [6, 6.07) is 7.85. The molecule has 0 aliphatic carbocycles. The molecule has 2 aromatic rings. The molecule has 0 radical (unpaired) electrons. The van der Waals surface area contributed by atoms with E-state index in [4.69, 9.17) is 4.42 Å². The minimum atomic E-state index is -0.416. The number of hydrogen-bond acceptors (Lipinski definition) is 3. The summed E-state index contributed by atoms with van der Waals surface area (Å²) in [4.78, 5) is 27.9. The Balaban J connectivity index is 1.61. The molecule has 0 unspecified atom stereocenters. The summed E-state index contributed by atoms with van der Waals surface area (Å²) in [5, 5.41) is 0. The molecule has 5 nitrogen and oxygen atoms in total. The Kier molecular flexibility index (Phi) is 4.64. The number of piperidine rings is 1. The van der Waals surface area contributed by atoms with E-state index in [1.165, 1.54) is 23.5 Å². The molecule has 24 heavy (non-hydrogen) atoms. The summed E-state index contributed by atoms with van der Waals surface area (Å²) in [7, 11) is 1.59. The van der Waals surface area contributed by atoms with Crippen molar-refractivity contribution < 1.29 is 18.4 Å². The third kappa shape index (κ3) is 3.18. The van der Waals surface area contributed by atoms with Crippen LogP contribution in [0.15, 0.2) is 47.3 Å². The van der Waals surface area contributed by atoms with Crippen molar-refractivity contribution in [3.8, 4) is 0 Å². The molecule has 6 heteroatoms. The Morgan fingerprint density at radius 1 is 1.21 bits per heavy atom. The number of nitrogens with zero attached hydrogens (tertiary/aromatic N) is 2. The summed E-state index contributed by atoms with van der Waals surface area (Å²) in [6.45, 7) is 1.01. The van der Waals surface area contributed by atoms with Crippen LogP contribution >= 0.6 is 0 Å². The Bertz CT molecular complexity index is 722. The standard InChI is InChI=1S/C18H19FN2O3/c1-20(16-5-3-2-4-15(16)19)17(22)13-6-9-21(10-7-13)18(23)14-8-11-24-12-14/h2-5,8,11-13H,6-7,9-10H2,1H3.